The SMILES string of the molecule is CCCNC(=O)CNC(=NC)NCc1cccc(C)c1. The normalized spacial score (nSPS) is 11.1. The Morgan fingerprint density at radius 1 is 1.25 bits per heavy atom. The van der Waals surface area contributed by atoms with E-state index >= 15 is 0 Å². The molecule has 0 heterocycles. The molecule has 0 saturated carbocycles. The van der Waals surface area contributed by atoms with E-state index in [0.717, 1.165) is 6.42 Å². The van der Waals surface area contributed by atoms with Crippen molar-refractivity contribution in [2.24, 2.45) is 4.99 Å². The van der Waals surface area contributed by atoms with Crippen LogP contribution in [-0.2, 0) is 11.3 Å². The first-order chi connectivity index (χ1) is 9.65. The van der Waals surface area contributed by atoms with Gasteiger partial charge in [0, 0.05) is 20.1 Å². The largest absolute Gasteiger partial charge is 0.355 e. The number of carbonyl (C=O) groups excluding carboxylic acids is 1. The third-order valence-electron chi connectivity index (χ3n) is 2.75. The van der Waals surface area contributed by atoms with E-state index in [1.54, 1.807) is 7.05 Å². The molecule has 3 N–H and O–H groups in total. The molecule has 0 aromatic heterocycles. The first-order valence-corrected chi connectivity index (χ1v) is 6.92. The van der Waals surface area contributed by atoms with Gasteiger partial charge in [-0.3, -0.25) is 9.79 Å². The van der Waals surface area contributed by atoms with Crippen LogP contribution in [-0.4, -0.2) is 32.0 Å². The molecule has 1 aromatic carbocycles. The minimum Gasteiger partial charge on any atom is -0.355 e. The van der Waals surface area contributed by atoms with Gasteiger partial charge in [-0.05, 0) is 18.9 Å². The van der Waals surface area contributed by atoms with Gasteiger partial charge in [-0.15, -0.1) is 0 Å². The fourth-order valence-corrected chi connectivity index (χ4v) is 1.72. The summed E-state index contributed by atoms with van der Waals surface area (Å²) in [6, 6.07) is 8.27. The van der Waals surface area contributed by atoms with Crippen molar-refractivity contribution < 1.29 is 4.79 Å². The van der Waals surface area contributed by atoms with E-state index in [4.69, 9.17) is 0 Å². The van der Waals surface area contributed by atoms with Crippen molar-refractivity contribution in [3.8, 4) is 0 Å². The molecule has 110 valence electrons. The van der Waals surface area contributed by atoms with E-state index in [0.29, 0.717) is 19.0 Å². The van der Waals surface area contributed by atoms with Crippen LogP contribution in [0.1, 0.15) is 24.5 Å². The standard InChI is InChI=1S/C15H24N4O/c1-4-8-17-14(20)11-19-15(16-3)18-10-13-7-5-6-12(2)9-13/h5-7,9H,4,8,10-11H2,1-3H3,(H,17,20)(H2,16,18,19). The Labute approximate surface area is 120 Å². The van der Waals surface area contributed by atoms with Crippen LogP contribution in [0.4, 0.5) is 0 Å². The molecule has 5 heteroatoms. The smallest absolute Gasteiger partial charge is 0.239 e. The van der Waals surface area contributed by atoms with E-state index in [2.05, 4.69) is 46.1 Å². The molecular formula is C15H24N4O. The maximum Gasteiger partial charge on any atom is 0.239 e. The Morgan fingerprint density at radius 2 is 2.05 bits per heavy atom. The number of hydrogen-bond acceptors (Lipinski definition) is 2. The van der Waals surface area contributed by atoms with Crippen LogP contribution in [0.2, 0.25) is 0 Å². The Balaban J connectivity index is 2.35. The summed E-state index contributed by atoms with van der Waals surface area (Å²) in [6.45, 7) is 5.70. The summed E-state index contributed by atoms with van der Waals surface area (Å²) in [6.07, 6.45) is 0.937. The molecule has 0 bridgehead atoms. The number of nitrogens with one attached hydrogen (secondary N) is 3. The first kappa shape index (κ1) is 16.0. The van der Waals surface area contributed by atoms with E-state index < -0.39 is 0 Å². The Kier molecular flexibility index (Phi) is 7.17. The number of aryl methyl sites for hydroxylation is 1. The van der Waals surface area contributed by atoms with E-state index in [-0.39, 0.29) is 12.5 Å². The maximum atomic E-state index is 11.5. The van der Waals surface area contributed by atoms with E-state index in [9.17, 15) is 4.79 Å². The second kappa shape index (κ2) is 8.96. The highest BCUT2D eigenvalue weighted by atomic mass is 16.1. The number of aliphatic imine (C=N–C) groups is 1. The first-order valence-electron chi connectivity index (χ1n) is 6.92. The van der Waals surface area contributed by atoms with Gasteiger partial charge in [0.1, 0.15) is 0 Å². The number of hydrogen-bond donors (Lipinski definition) is 3. The summed E-state index contributed by atoms with van der Waals surface area (Å²) >= 11 is 0. The minimum atomic E-state index is -0.0228. The number of benzene rings is 1. The minimum absolute atomic E-state index is 0.0228. The van der Waals surface area contributed by atoms with Crippen LogP contribution in [0.15, 0.2) is 29.3 Å². The van der Waals surface area contributed by atoms with Gasteiger partial charge < -0.3 is 16.0 Å². The third kappa shape index (κ3) is 6.22. The average molecular weight is 276 g/mol. The van der Waals surface area contributed by atoms with Crippen LogP contribution < -0.4 is 16.0 Å². The molecule has 0 aliphatic heterocycles. The zero-order chi connectivity index (χ0) is 14.8. The summed E-state index contributed by atoms with van der Waals surface area (Å²) < 4.78 is 0. The van der Waals surface area contributed by atoms with Crippen LogP contribution in [0, 0.1) is 6.92 Å². The molecule has 0 unspecified atom stereocenters. The molecule has 0 aliphatic carbocycles. The maximum absolute atomic E-state index is 11.5. The molecule has 1 aromatic rings. The molecule has 1 rings (SSSR count). The van der Waals surface area contributed by atoms with Gasteiger partial charge in [-0.1, -0.05) is 36.8 Å². The summed E-state index contributed by atoms with van der Waals surface area (Å²) in [4.78, 5) is 15.6. The Bertz CT molecular complexity index is 457. The molecule has 0 spiro atoms. The van der Waals surface area contributed by atoms with Gasteiger partial charge in [0.05, 0.1) is 6.54 Å². The Morgan fingerprint density at radius 3 is 2.70 bits per heavy atom. The number of rotatable bonds is 6. The number of nitrogens with zero attached hydrogens (tertiary/aromatic N) is 1. The highest BCUT2D eigenvalue weighted by Crippen LogP contribution is 2.02. The van der Waals surface area contributed by atoms with Crippen LogP contribution in [0.5, 0.6) is 0 Å². The summed E-state index contributed by atoms with van der Waals surface area (Å²) in [5.41, 5.74) is 2.41. The second-order valence-corrected chi connectivity index (χ2v) is 4.62. The van der Waals surface area contributed by atoms with Crippen LogP contribution in [0.3, 0.4) is 0 Å². The van der Waals surface area contributed by atoms with E-state index in [1.807, 2.05) is 13.0 Å². The fourth-order valence-electron chi connectivity index (χ4n) is 1.72. The molecule has 20 heavy (non-hydrogen) atoms. The lowest BCUT2D eigenvalue weighted by Crippen LogP contribution is -2.43. The molecule has 0 atom stereocenters. The number of amides is 1. The number of guanidine groups is 1. The third-order valence-corrected chi connectivity index (χ3v) is 2.75. The number of carbonyl (C=O) groups is 1. The van der Waals surface area contributed by atoms with Gasteiger partial charge in [-0.2, -0.15) is 0 Å². The molecular weight excluding hydrogens is 252 g/mol. The van der Waals surface area contributed by atoms with Gasteiger partial charge in [-0.25, -0.2) is 0 Å². The quantitative estimate of drug-likeness (QED) is 0.540. The monoisotopic (exact) mass is 276 g/mol. The second-order valence-electron chi connectivity index (χ2n) is 4.62. The predicted molar refractivity (Wildman–Crippen MR) is 82.7 cm³/mol. The van der Waals surface area contributed by atoms with E-state index in [1.165, 1.54) is 11.1 Å². The van der Waals surface area contributed by atoms with Gasteiger partial charge in [0.25, 0.3) is 0 Å². The van der Waals surface area contributed by atoms with Crippen molar-refractivity contribution in [3.63, 3.8) is 0 Å². The van der Waals surface area contributed by atoms with Gasteiger partial charge >= 0.3 is 0 Å². The van der Waals surface area contributed by atoms with Crippen molar-refractivity contribution in [2.75, 3.05) is 20.1 Å². The van der Waals surface area contributed by atoms with Crippen molar-refractivity contribution in [1.82, 2.24) is 16.0 Å². The highest BCUT2D eigenvalue weighted by molar-refractivity contribution is 5.86. The van der Waals surface area contributed by atoms with Gasteiger partial charge in [0.2, 0.25) is 5.91 Å². The molecule has 0 fully saturated rings. The lowest BCUT2D eigenvalue weighted by molar-refractivity contribution is -0.120. The van der Waals surface area contributed by atoms with Crippen molar-refractivity contribution in [1.29, 1.82) is 0 Å². The molecule has 0 radical (unpaired) electrons. The summed E-state index contributed by atoms with van der Waals surface area (Å²) in [5, 5.41) is 8.98. The summed E-state index contributed by atoms with van der Waals surface area (Å²) in [5.74, 6) is 0.600. The average Bonchev–Trinajstić information content (AvgIpc) is 2.45. The fraction of sp³-hybridized carbons (Fsp3) is 0.467. The van der Waals surface area contributed by atoms with Crippen molar-refractivity contribution >= 4 is 11.9 Å². The van der Waals surface area contributed by atoms with Crippen LogP contribution >= 0.6 is 0 Å². The zero-order valence-corrected chi connectivity index (χ0v) is 12.5. The zero-order valence-electron chi connectivity index (χ0n) is 12.5. The molecule has 5 nitrogen and oxygen atoms in total. The van der Waals surface area contributed by atoms with Crippen molar-refractivity contribution in [3.05, 3.63) is 35.4 Å². The van der Waals surface area contributed by atoms with Crippen molar-refractivity contribution in [2.45, 2.75) is 26.8 Å². The predicted octanol–water partition coefficient (Wildman–Crippen LogP) is 1.19. The topological polar surface area (TPSA) is 65.5 Å². The lowest BCUT2D eigenvalue weighted by atomic mass is 10.1. The lowest BCUT2D eigenvalue weighted by Gasteiger charge is -2.12. The molecule has 0 aliphatic rings. The molecule has 1 amide bonds. The molecule has 0 saturated heterocycles. The summed E-state index contributed by atoms with van der Waals surface area (Å²) in [7, 11) is 1.69. The van der Waals surface area contributed by atoms with Gasteiger partial charge in [0.15, 0.2) is 5.96 Å². The Hall–Kier alpha value is -2.04. The highest BCUT2D eigenvalue weighted by Gasteiger charge is 2.02. The van der Waals surface area contributed by atoms with Crippen LogP contribution in [0.25, 0.3) is 0 Å².